The predicted molar refractivity (Wildman–Crippen MR) is 142 cm³/mol. The van der Waals surface area contributed by atoms with Crippen molar-refractivity contribution in [1.29, 1.82) is 0 Å². The molecule has 8 heteroatoms. The predicted octanol–water partition coefficient (Wildman–Crippen LogP) is 2.32. The van der Waals surface area contributed by atoms with Crippen molar-refractivity contribution in [2.75, 3.05) is 6.54 Å². The lowest BCUT2D eigenvalue weighted by Gasteiger charge is -2.45. The highest BCUT2D eigenvalue weighted by Gasteiger charge is 2.48. The molecule has 1 saturated heterocycles. The van der Waals surface area contributed by atoms with Gasteiger partial charge in [0.1, 0.15) is 17.9 Å². The number of Topliss-reactive ketones (excluding diaryl/α,β-unsaturated/α-hetero) is 1. The minimum Gasteiger partial charge on any atom is -0.391 e. The average molecular weight is 522 g/mol. The van der Waals surface area contributed by atoms with Crippen LogP contribution in [0.15, 0.2) is 24.3 Å². The molecule has 8 nitrogen and oxygen atoms in total. The highest BCUT2D eigenvalue weighted by Crippen LogP contribution is 2.51. The van der Waals surface area contributed by atoms with Gasteiger partial charge in [0.05, 0.1) is 6.10 Å². The van der Waals surface area contributed by atoms with Crippen LogP contribution in [0.4, 0.5) is 0 Å². The average Bonchev–Trinajstić information content (AvgIpc) is 3.26. The molecule has 3 atom stereocenters. The van der Waals surface area contributed by atoms with Crippen LogP contribution in [0, 0.1) is 29.1 Å². The summed E-state index contributed by atoms with van der Waals surface area (Å²) in [5.74, 6) is 1.80. The maximum Gasteiger partial charge on any atom is 0.246 e. The van der Waals surface area contributed by atoms with Gasteiger partial charge in [-0.15, -0.1) is 6.42 Å². The Morgan fingerprint density at radius 1 is 1.13 bits per heavy atom. The van der Waals surface area contributed by atoms with Gasteiger partial charge in [0.2, 0.25) is 17.7 Å². The molecule has 38 heavy (non-hydrogen) atoms. The molecule has 4 rings (SSSR count). The third-order valence-corrected chi connectivity index (χ3v) is 8.41. The Morgan fingerprint density at radius 3 is 2.32 bits per heavy atom. The summed E-state index contributed by atoms with van der Waals surface area (Å²) in [5.41, 5.74) is 1.10. The van der Waals surface area contributed by atoms with E-state index in [4.69, 9.17) is 6.42 Å². The summed E-state index contributed by atoms with van der Waals surface area (Å²) in [6.45, 7) is 5.95. The molecular formula is C30H39N3O5. The fourth-order valence-electron chi connectivity index (χ4n) is 6.04. The number of carbonyl (C=O) groups is 4. The molecule has 3 fully saturated rings. The summed E-state index contributed by atoms with van der Waals surface area (Å²) in [4.78, 5) is 53.0. The molecule has 2 aliphatic carbocycles. The fraction of sp³-hybridized carbons (Fsp3) is 0.600. The molecule has 3 N–H and O–H groups in total. The van der Waals surface area contributed by atoms with Gasteiger partial charge in [-0.25, -0.2) is 0 Å². The Kier molecular flexibility index (Phi) is 7.98. The summed E-state index contributed by atoms with van der Waals surface area (Å²) >= 11 is 0. The van der Waals surface area contributed by atoms with Gasteiger partial charge in [-0.05, 0) is 54.2 Å². The van der Waals surface area contributed by atoms with E-state index in [-0.39, 0.29) is 48.6 Å². The number of likely N-dealkylation sites (tertiary alicyclic amines) is 1. The number of carbonyl (C=O) groups excluding carboxylic acids is 4. The fourth-order valence-corrected chi connectivity index (χ4v) is 6.04. The maximum absolute atomic E-state index is 13.8. The van der Waals surface area contributed by atoms with E-state index in [0.717, 1.165) is 24.0 Å². The third kappa shape index (κ3) is 6.10. The normalized spacial score (nSPS) is 23.9. The summed E-state index contributed by atoms with van der Waals surface area (Å²) in [6, 6.07) is 5.60. The highest BCUT2D eigenvalue weighted by atomic mass is 16.3. The van der Waals surface area contributed by atoms with Crippen molar-refractivity contribution in [2.45, 2.75) is 90.4 Å². The molecule has 1 aromatic carbocycles. The number of ketones is 1. The number of nitrogens with one attached hydrogen (secondary N) is 2. The number of amides is 3. The summed E-state index contributed by atoms with van der Waals surface area (Å²) < 4.78 is 0. The van der Waals surface area contributed by atoms with Crippen LogP contribution in [-0.4, -0.2) is 58.2 Å². The number of nitrogens with zero attached hydrogens (tertiary/aromatic N) is 1. The van der Waals surface area contributed by atoms with Crippen molar-refractivity contribution in [3.8, 4) is 12.3 Å². The zero-order chi connectivity index (χ0) is 27.7. The molecule has 2 saturated carbocycles. The zero-order valence-corrected chi connectivity index (χ0v) is 22.6. The molecule has 0 aromatic heterocycles. The van der Waals surface area contributed by atoms with Gasteiger partial charge in [-0.1, -0.05) is 38.8 Å². The van der Waals surface area contributed by atoms with Crippen LogP contribution in [-0.2, 0) is 25.7 Å². The topological polar surface area (TPSA) is 116 Å². The van der Waals surface area contributed by atoms with Crippen LogP contribution in [0.25, 0.3) is 0 Å². The van der Waals surface area contributed by atoms with Crippen LogP contribution in [0.1, 0.15) is 76.8 Å². The lowest BCUT2D eigenvalue weighted by Crippen LogP contribution is -2.58. The molecule has 3 aliphatic rings. The summed E-state index contributed by atoms with van der Waals surface area (Å²) in [6.07, 6.45) is 9.10. The van der Waals surface area contributed by atoms with Gasteiger partial charge in [0.15, 0.2) is 0 Å². The monoisotopic (exact) mass is 521 g/mol. The molecular weight excluding hydrogens is 482 g/mol. The largest absolute Gasteiger partial charge is 0.391 e. The van der Waals surface area contributed by atoms with E-state index in [1.165, 1.54) is 4.90 Å². The Labute approximate surface area is 224 Å². The first-order chi connectivity index (χ1) is 17.9. The summed E-state index contributed by atoms with van der Waals surface area (Å²) in [5, 5.41) is 16.2. The lowest BCUT2D eigenvalue weighted by molar-refractivity contribution is -0.145. The minimum atomic E-state index is -0.840. The van der Waals surface area contributed by atoms with Crippen molar-refractivity contribution >= 4 is 23.5 Å². The number of rotatable bonds is 6. The quantitative estimate of drug-likeness (QED) is 0.497. The van der Waals surface area contributed by atoms with Crippen molar-refractivity contribution in [3.63, 3.8) is 0 Å². The Balaban J connectivity index is 1.39. The van der Waals surface area contributed by atoms with Crippen LogP contribution >= 0.6 is 0 Å². The molecule has 0 radical (unpaired) electrons. The molecule has 204 valence electrons. The van der Waals surface area contributed by atoms with Gasteiger partial charge in [0, 0.05) is 43.8 Å². The summed E-state index contributed by atoms with van der Waals surface area (Å²) in [7, 11) is 0. The van der Waals surface area contributed by atoms with Gasteiger partial charge in [-0.2, -0.15) is 0 Å². The molecule has 1 aliphatic heterocycles. The van der Waals surface area contributed by atoms with Crippen molar-refractivity contribution in [1.82, 2.24) is 15.5 Å². The van der Waals surface area contributed by atoms with Crippen molar-refractivity contribution < 1.29 is 24.3 Å². The van der Waals surface area contributed by atoms with E-state index in [2.05, 4.69) is 16.6 Å². The first-order valence-corrected chi connectivity index (χ1v) is 13.5. The first-order valence-electron chi connectivity index (χ1n) is 13.5. The van der Waals surface area contributed by atoms with Gasteiger partial charge in [0.25, 0.3) is 0 Å². The molecule has 1 aromatic rings. The number of aliphatic hydroxyl groups excluding tert-OH is 1. The van der Waals surface area contributed by atoms with Crippen LogP contribution < -0.4 is 10.6 Å². The first kappa shape index (κ1) is 27.8. The van der Waals surface area contributed by atoms with Gasteiger partial charge < -0.3 is 20.6 Å². The molecule has 1 heterocycles. The van der Waals surface area contributed by atoms with Crippen LogP contribution in [0.2, 0.25) is 0 Å². The number of benzene rings is 1. The lowest BCUT2D eigenvalue weighted by atomic mass is 9.58. The van der Waals surface area contributed by atoms with Crippen LogP contribution in [0.5, 0.6) is 0 Å². The third-order valence-electron chi connectivity index (χ3n) is 8.41. The van der Waals surface area contributed by atoms with Gasteiger partial charge >= 0.3 is 0 Å². The molecule has 1 spiro atoms. The minimum absolute atomic E-state index is 0.0379. The van der Waals surface area contributed by atoms with E-state index in [1.807, 2.05) is 32.9 Å². The number of terminal acetylenes is 1. The van der Waals surface area contributed by atoms with E-state index >= 15 is 0 Å². The standard InChI is InChI=1S/C30H39N3O5/c1-5-19-6-8-20(9-7-19)17-31-27(37)24-14-22(34)18-33(24)28(38)25(29(2,3)4)32-26(36)21-10-12-30(13-11-21)15-23(35)16-30/h1,6-9,21-22,24-25,34H,10-18H2,2-4H3,(H,31,37)(H,32,36)/t22-,24+,25-/m1/s1. The number of hydrogen-bond acceptors (Lipinski definition) is 5. The second-order valence-corrected chi connectivity index (χ2v) is 12.4. The molecule has 0 bridgehead atoms. The number of hydrogen-bond donors (Lipinski definition) is 3. The van der Waals surface area contributed by atoms with Crippen molar-refractivity contribution in [3.05, 3.63) is 35.4 Å². The van der Waals surface area contributed by atoms with E-state index in [0.29, 0.717) is 31.5 Å². The Morgan fingerprint density at radius 2 is 1.76 bits per heavy atom. The highest BCUT2D eigenvalue weighted by molar-refractivity contribution is 5.93. The SMILES string of the molecule is C#Cc1ccc(CNC(=O)[C@@H]2C[C@@H](O)CN2C(=O)[C@@H](NC(=O)C2CCC3(CC2)CC(=O)C3)C(C)(C)C)cc1. The number of β-amino-alcohol motifs (C(OH)–C–C–N with tert-alkyl or cyclic N) is 1. The van der Waals surface area contributed by atoms with E-state index in [1.54, 1.807) is 12.1 Å². The second kappa shape index (κ2) is 10.9. The molecule has 0 unspecified atom stereocenters. The zero-order valence-electron chi connectivity index (χ0n) is 22.6. The van der Waals surface area contributed by atoms with Crippen molar-refractivity contribution in [2.24, 2.45) is 16.7 Å². The Hall–Kier alpha value is -3.18. The smallest absolute Gasteiger partial charge is 0.246 e. The van der Waals surface area contributed by atoms with Gasteiger partial charge in [-0.3, -0.25) is 19.2 Å². The molecule has 3 amide bonds. The van der Waals surface area contributed by atoms with E-state index < -0.39 is 23.6 Å². The Bertz CT molecular complexity index is 1110. The van der Waals surface area contributed by atoms with Crippen LogP contribution in [0.3, 0.4) is 0 Å². The number of aliphatic hydroxyl groups is 1. The second-order valence-electron chi connectivity index (χ2n) is 12.4. The maximum atomic E-state index is 13.8. The van der Waals surface area contributed by atoms with E-state index in [9.17, 15) is 24.3 Å².